The fraction of sp³-hybridized carbons (Fsp3) is 0.300. The Hall–Kier alpha value is -1.31. The number of hydrogen-bond acceptors (Lipinski definition) is 1. The summed E-state index contributed by atoms with van der Waals surface area (Å²) in [6.07, 6.45) is 0. The smallest absolute Gasteiger partial charge is 0.241 e. The molecule has 0 spiro atoms. The zero-order chi connectivity index (χ0) is 9.30. The zero-order valence-corrected chi connectivity index (χ0v) is 7.47. The van der Waals surface area contributed by atoms with Crippen molar-refractivity contribution in [3.63, 3.8) is 0 Å². The average Bonchev–Trinajstić information content (AvgIpc) is 1.97. The van der Waals surface area contributed by atoms with E-state index in [1.165, 1.54) is 0 Å². The summed E-state index contributed by atoms with van der Waals surface area (Å²) in [5, 5.41) is 10.7. The highest BCUT2D eigenvalue weighted by Gasteiger charge is 2.12. The highest BCUT2D eigenvalue weighted by Crippen LogP contribution is 2.17. The van der Waals surface area contributed by atoms with Crippen molar-refractivity contribution in [3.05, 3.63) is 34.4 Å². The van der Waals surface area contributed by atoms with Crippen LogP contribution in [0.5, 0.6) is 0 Å². The second-order valence-corrected chi connectivity index (χ2v) is 2.99. The van der Waals surface area contributed by atoms with E-state index in [4.69, 9.17) is 0 Å². The molecule has 63 valence electrons. The lowest BCUT2D eigenvalue weighted by molar-refractivity contribution is 0.0571. The van der Waals surface area contributed by atoms with Crippen molar-refractivity contribution in [1.82, 2.24) is 0 Å². The second-order valence-electron chi connectivity index (χ2n) is 2.99. The van der Waals surface area contributed by atoms with Gasteiger partial charge >= 0.3 is 5.97 Å². The summed E-state index contributed by atoms with van der Waals surface area (Å²) in [5.41, 5.74) is 2.88. The number of aryl methyl sites for hydroxylation is 2. The second kappa shape index (κ2) is 2.97. The van der Waals surface area contributed by atoms with Crippen molar-refractivity contribution in [2.75, 3.05) is 0 Å². The largest absolute Gasteiger partial charge is 0.386 e. The van der Waals surface area contributed by atoms with Crippen LogP contribution >= 0.6 is 0 Å². The molecular formula is C10H11O2. The minimum atomic E-state index is -1.09. The average molecular weight is 163 g/mol. The van der Waals surface area contributed by atoms with E-state index >= 15 is 0 Å². The Bertz CT molecular complexity index is 327. The molecular weight excluding hydrogens is 152 g/mol. The Kier molecular flexibility index (Phi) is 2.18. The minimum absolute atomic E-state index is 0.329. The molecule has 0 aliphatic rings. The normalized spacial score (nSPS) is 9.92. The van der Waals surface area contributed by atoms with Gasteiger partial charge in [0.15, 0.2) is 0 Å². The first kappa shape index (κ1) is 8.78. The van der Waals surface area contributed by atoms with Gasteiger partial charge in [0.1, 0.15) is 0 Å². The van der Waals surface area contributed by atoms with Crippen molar-refractivity contribution in [3.8, 4) is 0 Å². The Morgan fingerprint density at radius 1 is 1.08 bits per heavy atom. The van der Waals surface area contributed by atoms with E-state index in [2.05, 4.69) is 0 Å². The SMILES string of the molecule is Cc1ccc(C)c(C([O])=O)c1C. The van der Waals surface area contributed by atoms with Crippen LogP contribution in [0.15, 0.2) is 12.1 Å². The van der Waals surface area contributed by atoms with Crippen LogP contribution in [0, 0.1) is 20.8 Å². The maximum absolute atomic E-state index is 10.7. The topological polar surface area (TPSA) is 37.0 Å². The third kappa shape index (κ3) is 1.33. The molecule has 0 heterocycles. The molecule has 0 unspecified atom stereocenters. The molecule has 0 saturated heterocycles. The molecule has 0 fully saturated rings. The fourth-order valence-electron chi connectivity index (χ4n) is 1.27. The molecule has 0 amide bonds. The molecule has 12 heavy (non-hydrogen) atoms. The van der Waals surface area contributed by atoms with Crippen LogP contribution in [0.4, 0.5) is 0 Å². The number of benzene rings is 1. The monoisotopic (exact) mass is 163 g/mol. The first-order chi connectivity index (χ1) is 5.54. The number of carbonyl (C=O) groups is 1. The molecule has 0 aromatic heterocycles. The van der Waals surface area contributed by atoms with E-state index in [-0.39, 0.29) is 0 Å². The van der Waals surface area contributed by atoms with Crippen LogP contribution in [0.3, 0.4) is 0 Å². The summed E-state index contributed by atoms with van der Waals surface area (Å²) < 4.78 is 0. The summed E-state index contributed by atoms with van der Waals surface area (Å²) in [6, 6.07) is 3.71. The van der Waals surface area contributed by atoms with Crippen LogP contribution in [0.25, 0.3) is 0 Å². The molecule has 0 N–H and O–H groups in total. The molecule has 0 saturated carbocycles. The molecule has 2 heteroatoms. The van der Waals surface area contributed by atoms with E-state index in [9.17, 15) is 9.90 Å². The Morgan fingerprint density at radius 3 is 2.00 bits per heavy atom. The van der Waals surface area contributed by atoms with Crippen LogP contribution < -0.4 is 0 Å². The first-order valence-corrected chi connectivity index (χ1v) is 3.82. The Balaban J connectivity index is 3.43. The van der Waals surface area contributed by atoms with Crippen LogP contribution in [-0.4, -0.2) is 5.97 Å². The van der Waals surface area contributed by atoms with Gasteiger partial charge in [0, 0.05) is 0 Å². The summed E-state index contributed by atoms with van der Waals surface area (Å²) in [5.74, 6) is -1.09. The number of carbonyl (C=O) groups excluding carboxylic acids is 1. The van der Waals surface area contributed by atoms with E-state index in [0.717, 1.165) is 16.7 Å². The van der Waals surface area contributed by atoms with Crippen molar-refractivity contribution in [2.24, 2.45) is 0 Å². The maximum atomic E-state index is 10.7. The van der Waals surface area contributed by atoms with Gasteiger partial charge in [0.2, 0.25) is 0 Å². The zero-order valence-electron chi connectivity index (χ0n) is 7.47. The van der Waals surface area contributed by atoms with E-state index in [1.54, 1.807) is 19.9 Å². The van der Waals surface area contributed by atoms with Gasteiger partial charge in [0.05, 0.1) is 5.56 Å². The summed E-state index contributed by atoms with van der Waals surface area (Å²) in [7, 11) is 0. The fourth-order valence-corrected chi connectivity index (χ4v) is 1.27. The van der Waals surface area contributed by atoms with Gasteiger partial charge in [0.25, 0.3) is 0 Å². The first-order valence-electron chi connectivity index (χ1n) is 3.82. The Labute approximate surface area is 71.8 Å². The highest BCUT2D eigenvalue weighted by molar-refractivity contribution is 5.91. The quantitative estimate of drug-likeness (QED) is 0.625. The van der Waals surface area contributed by atoms with Gasteiger partial charge in [-0.3, -0.25) is 0 Å². The van der Waals surface area contributed by atoms with Crippen LogP contribution in [0.1, 0.15) is 27.0 Å². The van der Waals surface area contributed by atoms with Crippen LogP contribution in [-0.2, 0) is 5.11 Å². The lowest BCUT2D eigenvalue weighted by Crippen LogP contribution is -2.02. The van der Waals surface area contributed by atoms with E-state index in [1.807, 2.05) is 13.0 Å². The molecule has 1 aromatic carbocycles. The van der Waals surface area contributed by atoms with E-state index in [0.29, 0.717) is 5.56 Å². The third-order valence-corrected chi connectivity index (χ3v) is 2.15. The van der Waals surface area contributed by atoms with Gasteiger partial charge < -0.3 is 0 Å². The highest BCUT2D eigenvalue weighted by atomic mass is 16.4. The van der Waals surface area contributed by atoms with Crippen molar-refractivity contribution in [1.29, 1.82) is 0 Å². The Morgan fingerprint density at radius 2 is 1.58 bits per heavy atom. The molecule has 0 aliphatic carbocycles. The lowest BCUT2D eigenvalue weighted by atomic mass is 9.99. The number of rotatable bonds is 1. The van der Waals surface area contributed by atoms with Gasteiger partial charge in [-0.2, -0.15) is 0 Å². The van der Waals surface area contributed by atoms with E-state index < -0.39 is 5.97 Å². The van der Waals surface area contributed by atoms with Gasteiger partial charge in [-0.15, -0.1) is 0 Å². The van der Waals surface area contributed by atoms with Gasteiger partial charge in [-0.05, 0) is 37.5 Å². The molecule has 1 rings (SSSR count). The van der Waals surface area contributed by atoms with Crippen molar-refractivity contribution < 1.29 is 9.90 Å². The standard InChI is InChI=1S/C10H11O2/c1-6-4-5-7(2)9(8(6)3)10(11)12/h4-5H,1-3H3. The van der Waals surface area contributed by atoms with Crippen molar-refractivity contribution >= 4 is 5.97 Å². The summed E-state index contributed by atoms with van der Waals surface area (Å²) in [6.45, 7) is 5.46. The molecule has 0 aliphatic heterocycles. The maximum Gasteiger partial charge on any atom is 0.386 e. The molecule has 2 nitrogen and oxygen atoms in total. The predicted octanol–water partition coefficient (Wildman–Crippen LogP) is 2.18. The molecule has 0 atom stereocenters. The summed E-state index contributed by atoms with van der Waals surface area (Å²) in [4.78, 5) is 10.7. The van der Waals surface area contributed by atoms with Crippen molar-refractivity contribution in [2.45, 2.75) is 20.8 Å². The lowest BCUT2D eigenvalue weighted by Gasteiger charge is -2.05. The third-order valence-electron chi connectivity index (χ3n) is 2.15. The van der Waals surface area contributed by atoms with Gasteiger partial charge in [-0.25, -0.2) is 9.90 Å². The number of hydrogen-bond donors (Lipinski definition) is 0. The molecule has 0 bridgehead atoms. The molecule has 1 aromatic rings. The van der Waals surface area contributed by atoms with Crippen LogP contribution in [0.2, 0.25) is 0 Å². The predicted molar refractivity (Wildman–Crippen MR) is 45.7 cm³/mol. The molecule has 1 radical (unpaired) electrons. The van der Waals surface area contributed by atoms with Gasteiger partial charge in [-0.1, -0.05) is 12.1 Å². The summed E-state index contributed by atoms with van der Waals surface area (Å²) >= 11 is 0. The minimum Gasteiger partial charge on any atom is -0.241 e.